The van der Waals surface area contributed by atoms with Crippen LogP contribution < -0.4 is 5.73 Å². The molecule has 0 spiro atoms. The number of nitrogens with zero attached hydrogens (tertiary/aromatic N) is 1. The van der Waals surface area contributed by atoms with E-state index in [1.807, 2.05) is 27.7 Å². The molecule has 0 saturated heterocycles. The minimum atomic E-state index is -0.451. The Morgan fingerprint density at radius 2 is 2.14 bits per heavy atom. The average Bonchev–Trinajstić information content (AvgIpc) is 2.28. The quantitative estimate of drug-likeness (QED) is 0.641. The summed E-state index contributed by atoms with van der Waals surface area (Å²) in [5.41, 5.74) is 5.16. The van der Waals surface area contributed by atoms with Crippen LogP contribution >= 0.6 is 0 Å². The molecule has 0 unspecified atom stereocenters. The number of ether oxygens (including phenoxy) is 1. The van der Waals surface area contributed by atoms with Crippen molar-refractivity contribution in [1.82, 2.24) is 0 Å². The first-order chi connectivity index (χ1) is 6.29. The lowest BCUT2D eigenvalue weighted by Gasteiger charge is -2.21. The molecule has 2 atom stereocenters. The molecule has 0 amide bonds. The smallest absolute Gasteiger partial charge is 0.331 e. The summed E-state index contributed by atoms with van der Waals surface area (Å²) >= 11 is 0. The highest BCUT2D eigenvalue weighted by molar-refractivity contribution is 5.90. The Morgan fingerprint density at radius 3 is 2.50 bits per heavy atom. The van der Waals surface area contributed by atoms with Crippen LogP contribution in [0, 0.1) is 5.92 Å². The first-order valence-electron chi connectivity index (χ1n) is 4.85. The molecule has 0 aromatic rings. The number of aliphatic imine (C=N–C) groups is 1. The van der Waals surface area contributed by atoms with Crippen LogP contribution in [0.2, 0.25) is 0 Å². The predicted octanol–water partition coefficient (Wildman–Crippen LogP) is 1.09. The Hall–Kier alpha value is -1.06. The largest absolute Gasteiger partial charge is 0.458 e. The van der Waals surface area contributed by atoms with Crippen molar-refractivity contribution in [3.8, 4) is 0 Å². The zero-order valence-corrected chi connectivity index (χ0v) is 9.20. The summed E-state index contributed by atoms with van der Waals surface area (Å²) in [6.07, 6.45) is 0.667. The molecule has 1 aliphatic heterocycles. The summed E-state index contributed by atoms with van der Waals surface area (Å²) in [5, 5.41) is 0. The minimum Gasteiger partial charge on any atom is -0.458 e. The maximum atomic E-state index is 11.6. The van der Waals surface area contributed by atoms with Crippen LogP contribution in [-0.4, -0.2) is 23.4 Å². The SMILES string of the molecule is C[C@@H]1C[C@@H](C(=O)OC(C)(C)C)N=C1N. The molecule has 0 aromatic carbocycles. The maximum Gasteiger partial charge on any atom is 0.331 e. The maximum absolute atomic E-state index is 11.6. The van der Waals surface area contributed by atoms with Crippen molar-refractivity contribution >= 4 is 11.8 Å². The van der Waals surface area contributed by atoms with E-state index in [1.54, 1.807) is 0 Å². The standard InChI is InChI=1S/C10H18N2O2/c1-6-5-7(12-8(6)11)9(13)14-10(2,3)4/h6-7H,5H2,1-4H3,(H2,11,12)/t6-,7+/m1/s1. The summed E-state index contributed by atoms with van der Waals surface area (Å²) in [6, 6.07) is -0.399. The third-order valence-corrected chi connectivity index (χ3v) is 2.07. The fourth-order valence-electron chi connectivity index (χ4n) is 1.33. The van der Waals surface area contributed by atoms with Crippen LogP contribution in [0.15, 0.2) is 4.99 Å². The highest BCUT2D eigenvalue weighted by Crippen LogP contribution is 2.20. The van der Waals surface area contributed by atoms with Crippen molar-refractivity contribution in [2.24, 2.45) is 16.6 Å². The van der Waals surface area contributed by atoms with Crippen molar-refractivity contribution in [1.29, 1.82) is 0 Å². The van der Waals surface area contributed by atoms with Crippen LogP contribution in [0.5, 0.6) is 0 Å². The van der Waals surface area contributed by atoms with Crippen LogP contribution in [-0.2, 0) is 9.53 Å². The lowest BCUT2D eigenvalue weighted by atomic mass is 10.1. The van der Waals surface area contributed by atoms with Crippen molar-refractivity contribution in [3.05, 3.63) is 0 Å². The third-order valence-electron chi connectivity index (χ3n) is 2.07. The van der Waals surface area contributed by atoms with Crippen LogP contribution in [0.3, 0.4) is 0 Å². The van der Waals surface area contributed by atoms with E-state index in [0.717, 1.165) is 0 Å². The van der Waals surface area contributed by atoms with E-state index >= 15 is 0 Å². The molecule has 1 aliphatic rings. The molecule has 14 heavy (non-hydrogen) atoms. The molecule has 4 heteroatoms. The van der Waals surface area contributed by atoms with Crippen LogP contribution in [0.1, 0.15) is 34.1 Å². The molecule has 2 N–H and O–H groups in total. The minimum absolute atomic E-state index is 0.188. The van der Waals surface area contributed by atoms with E-state index in [2.05, 4.69) is 4.99 Å². The van der Waals surface area contributed by atoms with Gasteiger partial charge in [0.05, 0.1) is 5.84 Å². The summed E-state index contributed by atoms with van der Waals surface area (Å²) in [5.74, 6) is 0.471. The Morgan fingerprint density at radius 1 is 1.57 bits per heavy atom. The van der Waals surface area contributed by atoms with Crippen LogP contribution in [0.4, 0.5) is 0 Å². The first-order valence-corrected chi connectivity index (χ1v) is 4.85. The van der Waals surface area contributed by atoms with E-state index in [4.69, 9.17) is 10.5 Å². The third kappa shape index (κ3) is 2.72. The van der Waals surface area contributed by atoms with Gasteiger partial charge in [0.25, 0.3) is 0 Å². The fourth-order valence-corrected chi connectivity index (χ4v) is 1.33. The summed E-state index contributed by atoms with van der Waals surface area (Å²) in [7, 11) is 0. The number of hydrogen-bond donors (Lipinski definition) is 1. The lowest BCUT2D eigenvalue weighted by Crippen LogP contribution is -2.30. The Bertz CT molecular complexity index is 266. The van der Waals surface area contributed by atoms with E-state index in [0.29, 0.717) is 12.3 Å². The normalized spacial score (nSPS) is 27.3. The number of hydrogen-bond acceptors (Lipinski definition) is 4. The number of carbonyl (C=O) groups is 1. The van der Waals surface area contributed by atoms with E-state index in [9.17, 15) is 4.79 Å². The summed E-state index contributed by atoms with van der Waals surface area (Å²) in [6.45, 7) is 7.49. The summed E-state index contributed by atoms with van der Waals surface area (Å²) < 4.78 is 5.22. The molecular formula is C10H18N2O2. The zero-order valence-electron chi connectivity index (χ0n) is 9.20. The van der Waals surface area contributed by atoms with E-state index in [-0.39, 0.29) is 11.9 Å². The molecule has 0 saturated carbocycles. The van der Waals surface area contributed by atoms with Gasteiger partial charge in [-0.05, 0) is 27.2 Å². The number of carbonyl (C=O) groups excluding carboxylic acids is 1. The van der Waals surface area contributed by atoms with Gasteiger partial charge in [-0.3, -0.25) is 4.99 Å². The van der Waals surface area contributed by atoms with Crippen molar-refractivity contribution < 1.29 is 9.53 Å². The van der Waals surface area contributed by atoms with Gasteiger partial charge in [-0.15, -0.1) is 0 Å². The van der Waals surface area contributed by atoms with Gasteiger partial charge in [0, 0.05) is 5.92 Å². The monoisotopic (exact) mass is 198 g/mol. The van der Waals surface area contributed by atoms with Crippen molar-refractivity contribution in [2.75, 3.05) is 0 Å². The molecule has 0 bridgehead atoms. The van der Waals surface area contributed by atoms with Crippen molar-refractivity contribution in [3.63, 3.8) is 0 Å². The first kappa shape index (κ1) is 11.0. The molecule has 0 radical (unpaired) electrons. The molecule has 1 heterocycles. The predicted molar refractivity (Wildman–Crippen MR) is 55.0 cm³/mol. The lowest BCUT2D eigenvalue weighted by molar-refractivity contribution is -0.156. The Labute approximate surface area is 84.5 Å². The number of esters is 1. The van der Waals surface area contributed by atoms with Gasteiger partial charge in [-0.25, -0.2) is 4.79 Å². The zero-order chi connectivity index (χ0) is 10.9. The molecule has 80 valence electrons. The number of rotatable bonds is 1. The van der Waals surface area contributed by atoms with Gasteiger partial charge in [0.2, 0.25) is 0 Å². The second-order valence-electron chi connectivity index (χ2n) is 4.74. The molecular weight excluding hydrogens is 180 g/mol. The van der Waals surface area contributed by atoms with Gasteiger partial charge < -0.3 is 10.5 Å². The second kappa shape index (κ2) is 3.59. The number of nitrogens with two attached hydrogens (primary N) is 1. The van der Waals surface area contributed by atoms with E-state index in [1.165, 1.54) is 0 Å². The summed E-state index contributed by atoms with van der Waals surface area (Å²) in [4.78, 5) is 15.6. The van der Waals surface area contributed by atoms with E-state index < -0.39 is 11.6 Å². The van der Waals surface area contributed by atoms with Gasteiger partial charge in [0.15, 0.2) is 0 Å². The Balaban J connectivity index is 2.57. The highest BCUT2D eigenvalue weighted by atomic mass is 16.6. The highest BCUT2D eigenvalue weighted by Gasteiger charge is 2.31. The van der Waals surface area contributed by atoms with Gasteiger partial charge in [-0.1, -0.05) is 6.92 Å². The Kier molecular flexibility index (Phi) is 2.83. The molecule has 1 rings (SSSR count). The average molecular weight is 198 g/mol. The van der Waals surface area contributed by atoms with Crippen molar-refractivity contribution in [2.45, 2.75) is 45.8 Å². The van der Waals surface area contributed by atoms with Crippen LogP contribution in [0.25, 0.3) is 0 Å². The van der Waals surface area contributed by atoms with Gasteiger partial charge >= 0.3 is 5.97 Å². The topological polar surface area (TPSA) is 64.7 Å². The van der Waals surface area contributed by atoms with Gasteiger partial charge in [0.1, 0.15) is 11.6 Å². The second-order valence-corrected chi connectivity index (χ2v) is 4.74. The van der Waals surface area contributed by atoms with Gasteiger partial charge in [-0.2, -0.15) is 0 Å². The molecule has 0 fully saturated rings. The number of amidine groups is 1. The molecule has 0 aromatic heterocycles. The molecule has 4 nitrogen and oxygen atoms in total. The molecule has 0 aliphatic carbocycles. The fraction of sp³-hybridized carbons (Fsp3) is 0.800.